The molecule has 1 aliphatic heterocycles. The van der Waals surface area contributed by atoms with E-state index < -0.39 is 29.2 Å². The van der Waals surface area contributed by atoms with Crippen LogP contribution in [-0.2, 0) is 11.8 Å². The lowest BCUT2D eigenvalue weighted by Crippen LogP contribution is -2.46. The monoisotopic (exact) mass is 539 g/mol. The number of piperidine rings is 1. The van der Waals surface area contributed by atoms with Gasteiger partial charge >= 0.3 is 6.09 Å². The highest BCUT2D eigenvalue weighted by Gasteiger charge is 2.28. The number of pyridine rings is 1. The van der Waals surface area contributed by atoms with Gasteiger partial charge in [-0.15, -0.1) is 0 Å². The summed E-state index contributed by atoms with van der Waals surface area (Å²) >= 11 is 0. The molecule has 0 radical (unpaired) electrons. The zero-order valence-corrected chi connectivity index (χ0v) is 22.5. The molecule has 2 amide bonds. The second-order valence-corrected chi connectivity index (χ2v) is 10.9. The number of nitrogens with zero attached hydrogens (tertiary/aromatic N) is 5. The van der Waals surface area contributed by atoms with E-state index in [0.717, 1.165) is 6.07 Å². The molecule has 4 aromatic rings. The topological polar surface area (TPSA) is 106 Å². The molecule has 10 nitrogen and oxygen atoms in total. The summed E-state index contributed by atoms with van der Waals surface area (Å²) in [5, 5.41) is 10.5. The van der Waals surface area contributed by atoms with Crippen LogP contribution in [0.4, 0.5) is 25.0 Å². The third-order valence-electron chi connectivity index (χ3n) is 6.51. The molecule has 0 spiro atoms. The van der Waals surface area contributed by atoms with Crippen molar-refractivity contribution >= 4 is 39.9 Å². The molecule has 1 saturated heterocycles. The van der Waals surface area contributed by atoms with Gasteiger partial charge in [0.25, 0.3) is 5.91 Å². The van der Waals surface area contributed by atoms with Crippen molar-refractivity contribution in [3.8, 4) is 0 Å². The fourth-order valence-electron chi connectivity index (χ4n) is 4.90. The van der Waals surface area contributed by atoms with Crippen LogP contribution in [0.5, 0.6) is 0 Å². The maximum atomic E-state index is 15.5. The number of hydrogen-bond acceptors (Lipinski definition) is 6. The SMILES string of the molecule is Cc1cn2cc(NC(=O)c3c(F)cc(N4CCC(NC(=O)OC(C)(C)C)CC4)c4cn(C)nc34)cc(F)c2n1. The molecular weight excluding hydrogens is 508 g/mol. The van der Waals surface area contributed by atoms with Crippen molar-refractivity contribution in [2.24, 2.45) is 7.05 Å². The fourth-order valence-corrected chi connectivity index (χ4v) is 4.90. The van der Waals surface area contributed by atoms with Gasteiger partial charge in [-0.3, -0.25) is 9.48 Å². The number of aromatic nitrogens is 4. The third kappa shape index (κ3) is 5.50. The van der Waals surface area contributed by atoms with E-state index in [1.807, 2.05) is 25.7 Å². The number of fused-ring (bicyclic) bond motifs is 2. The largest absolute Gasteiger partial charge is 0.444 e. The Hall–Kier alpha value is -4.22. The summed E-state index contributed by atoms with van der Waals surface area (Å²) in [6, 6.07) is 2.42. The first kappa shape index (κ1) is 26.4. The van der Waals surface area contributed by atoms with Crippen LogP contribution in [0.1, 0.15) is 49.7 Å². The van der Waals surface area contributed by atoms with Gasteiger partial charge in [0.05, 0.1) is 17.1 Å². The van der Waals surface area contributed by atoms with Crippen molar-refractivity contribution in [3.05, 3.63) is 53.6 Å². The van der Waals surface area contributed by atoms with E-state index in [1.165, 1.54) is 21.3 Å². The van der Waals surface area contributed by atoms with Gasteiger partial charge in [-0.05, 0) is 46.6 Å². The number of halogens is 2. The molecule has 1 aromatic carbocycles. The van der Waals surface area contributed by atoms with Crippen molar-refractivity contribution < 1.29 is 23.1 Å². The number of ether oxygens (including phenoxy) is 1. The fraction of sp³-hybridized carbons (Fsp3) is 0.407. The van der Waals surface area contributed by atoms with Crippen LogP contribution in [0, 0.1) is 18.6 Å². The number of imidazole rings is 1. The van der Waals surface area contributed by atoms with Gasteiger partial charge in [0.1, 0.15) is 22.5 Å². The van der Waals surface area contributed by atoms with Gasteiger partial charge in [-0.2, -0.15) is 5.10 Å². The van der Waals surface area contributed by atoms with Gasteiger partial charge in [-0.25, -0.2) is 18.6 Å². The molecule has 0 unspecified atom stereocenters. The molecule has 4 heterocycles. The van der Waals surface area contributed by atoms with Gasteiger partial charge in [0, 0.05) is 56.2 Å². The minimum atomic E-state index is -0.737. The van der Waals surface area contributed by atoms with Crippen LogP contribution < -0.4 is 15.5 Å². The van der Waals surface area contributed by atoms with Crippen LogP contribution in [0.15, 0.2) is 30.7 Å². The van der Waals surface area contributed by atoms with Crippen LogP contribution in [0.25, 0.3) is 16.6 Å². The first-order valence-electron chi connectivity index (χ1n) is 12.7. The lowest BCUT2D eigenvalue weighted by atomic mass is 10.0. The average Bonchev–Trinajstić information content (AvgIpc) is 3.39. The number of amides is 2. The minimum Gasteiger partial charge on any atom is -0.444 e. The maximum Gasteiger partial charge on any atom is 0.407 e. The molecule has 3 aromatic heterocycles. The predicted octanol–water partition coefficient (Wildman–Crippen LogP) is 4.55. The Morgan fingerprint density at radius 2 is 1.79 bits per heavy atom. The number of nitrogens with one attached hydrogen (secondary N) is 2. The first-order valence-corrected chi connectivity index (χ1v) is 12.7. The number of carbonyl (C=O) groups excluding carboxylic acids is 2. The number of hydrogen-bond donors (Lipinski definition) is 2. The molecule has 206 valence electrons. The number of alkyl carbamates (subject to hydrolysis) is 1. The molecule has 12 heteroatoms. The molecule has 1 fully saturated rings. The summed E-state index contributed by atoms with van der Waals surface area (Å²) in [6.45, 7) is 8.30. The summed E-state index contributed by atoms with van der Waals surface area (Å²) in [6.07, 6.45) is 5.73. The molecule has 0 atom stereocenters. The Bertz CT molecular complexity index is 1580. The van der Waals surface area contributed by atoms with Crippen LogP contribution in [-0.4, -0.2) is 55.9 Å². The molecule has 39 heavy (non-hydrogen) atoms. The van der Waals surface area contributed by atoms with Gasteiger partial charge in [0.15, 0.2) is 11.5 Å². The van der Waals surface area contributed by atoms with Gasteiger partial charge < -0.3 is 24.7 Å². The van der Waals surface area contributed by atoms with Crippen LogP contribution in [0.2, 0.25) is 0 Å². The van der Waals surface area contributed by atoms with E-state index in [2.05, 4.69) is 20.7 Å². The number of aryl methyl sites for hydroxylation is 2. The number of carbonyl (C=O) groups is 2. The number of rotatable bonds is 4. The Morgan fingerprint density at radius 3 is 2.49 bits per heavy atom. The van der Waals surface area contributed by atoms with Gasteiger partial charge in [-0.1, -0.05) is 0 Å². The zero-order valence-electron chi connectivity index (χ0n) is 22.5. The maximum absolute atomic E-state index is 15.5. The summed E-state index contributed by atoms with van der Waals surface area (Å²) in [5.74, 6) is -2.08. The van der Waals surface area contributed by atoms with E-state index in [9.17, 15) is 14.0 Å². The standard InChI is InChI=1S/C27H31F2N7O3/c1-15-12-36-13-17(10-20(29)24(36)30-15)31-25(37)22-19(28)11-21(18-14-34(5)33-23(18)22)35-8-6-16(7-9-35)32-26(38)39-27(2,3)4/h10-14,16H,6-9H2,1-5H3,(H,31,37)(H,32,38). The van der Waals surface area contributed by atoms with Crippen molar-refractivity contribution in [2.45, 2.75) is 52.2 Å². The number of anilines is 2. The lowest BCUT2D eigenvalue weighted by molar-refractivity contribution is 0.0497. The zero-order chi connectivity index (χ0) is 28.1. The van der Waals surface area contributed by atoms with Crippen molar-refractivity contribution in [1.82, 2.24) is 24.5 Å². The molecule has 1 aliphatic rings. The lowest BCUT2D eigenvalue weighted by Gasteiger charge is -2.34. The third-order valence-corrected chi connectivity index (χ3v) is 6.51. The van der Waals surface area contributed by atoms with E-state index >= 15 is 4.39 Å². The molecule has 0 saturated carbocycles. The molecule has 0 aliphatic carbocycles. The summed E-state index contributed by atoms with van der Waals surface area (Å²) in [5.41, 5.74) is 0.940. The Balaban J connectivity index is 1.37. The minimum absolute atomic E-state index is 0.0626. The van der Waals surface area contributed by atoms with E-state index in [4.69, 9.17) is 4.74 Å². The highest BCUT2D eigenvalue weighted by molar-refractivity contribution is 6.14. The molecule has 0 bridgehead atoms. The van der Waals surface area contributed by atoms with E-state index in [-0.39, 0.29) is 28.5 Å². The Morgan fingerprint density at radius 1 is 1.08 bits per heavy atom. The van der Waals surface area contributed by atoms with Crippen molar-refractivity contribution in [2.75, 3.05) is 23.3 Å². The second kappa shape index (κ2) is 9.83. The van der Waals surface area contributed by atoms with E-state index in [1.54, 1.807) is 26.4 Å². The van der Waals surface area contributed by atoms with Crippen LogP contribution >= 0.6 is 0 Å². The van der Waals surface area contributed by atoms with E-state index in [0.29, 0.717) is 42.7 Å². The Kier molecular flexibility index (Phi) is 6.65. The Labute approximate surface area is 223 Å². The summed E-state index contributed by atoms with van der Waals surface area (Å²) < 4.78 is 38.4. The second-order valence-electron chi connectivity index (χ2n) is 10.9. The first-order chi connectivity index (χ1) is 18.4. The van der Waals surface area contributed by atoms with Gasteiger partial charge in [0.2, 0.25) is 0 Å². The highest BCUT2D eigenvalue weighted by atomic mass is 19.1. The smallest absolute Gasteiger partial charge is 0.407 e. The summed E-state index contributed by atoms with van der Waals surface area (Å²) in [7, 11) is 1.70. The average molecular weight is 540 g/mol. The highest BCUT2D eigenvalue weighted by Crippen LogP contribution is 2.33. The molecular formula is C27H31F2N7O3. The van der Waals surface area contributed by atoms with Crippen LogP contribution in [0.3, 0.4) is 0 Å². The predicted molar refractivity (Wildman–Crippen MR) is 143 cm³/mol. The number of benzene rings is 1. The van der Waals surface area contributed by atoms with Crippen molar-refractivity contribution in [1.29, 1.82) is 0 Å². The molecule has 5 rings (SSSR count). The van der Waals surface area contributed by atoms with Crippen molar-refractivity contribution in [3.63, 3.8) is 0 Å². The normalized spacial score (nSPS) is 14.7. The quantitative estimate of drug-likeness (QED) is 0.394. The summed E-state index contributed by atoms with van der Waals surface area (Å²) in [4.78, 5) is 31.5. The molecule has 2 N–H and O–H groups in total.